The van der Waals surface area contributed by atoms with Crippen LogP contribution in [0.3, 0.4) is 0 Å². The largest absolute Gasteiger partial charge is 0.297 e. The van der Waals surface area contributed by atoms with Crippen LogP contribution in [0.5, 0.6) is 0 Å². The van der Waals surface area contributed by atoms with Crippen molar-refractivity contribution in [2.75, 3.05) is 0 Å². The van der Waals surface area contributed by atoms with Crippen LogP contribution >= 0.6 is 15.9 Å². The van der Waals surface area contributed by atoms with Gasteiger partial charge in [-0.1, -0.05) is 19.3 Å². The molecule has 1 aromatic rings. The molecule has 0 aliphatic heterocycles. The highest BCUT2D eigenvalue weighted by molar-refractivity contribution is 9.10. The number of carbonyl (C=O) groups is 1. The molecule has 1 aliphatic carbocycles. The van der Waals surface area contributed by atoms with Crippen molar-refractivity contribution in [2.45, 2.75) is 45.6 Å². The summed E-state index contributed by atoms with van der Waals surface area (Å²) in [5.41, 5.74) is -0.174. The van der Waals surface area contributed by atoms with Gasteiger partial charge < -0.3 is 0 Å². The van der Waals surface area contributed by atoms with Gasteiger partial charge in [-0.3, -0.25) is 14.2 Å². The Kier molecular flexibility index (Phi) is 4.32. The number of ketones is 1. The Balaban J connectivity index is 2.16. The van der Waals surface area contributed by atoms with Crippen LogP contribution in [0.4, 0.5) is 0 Å². The van der Waals surface area contributed by atoms with Crippen LogP contribution in [-0.2, 0) is 11.3 Å². The van der Waals surface area contributed by atoms with Gasteiger partial charge in [0.2, 0.25) is 0 Å². The third-order valence-electron chi connectivity index (χ3n) is 3.58. The Hall–Kier alpha value is -0.970. The quantitative estimate of drug-likeness (QED) is 0.861. The monoisotopic (exact) mass is 312 g/mol. The Morgan fingerprint density at radius 2 is 2.11 bits per heavy atom. The summed E-state index contributed by atoms with van der Waals surface area (Å²) < 4.78 is 1.87. The van der Waals surface area contributed by atoms with Crippen LogP contribution in [0.1, 0.15) is 37.9 Å². The zero-order chi connectivity index (χ0) is 13.1. The van der Waals surface area contributed by atoms with Crippen LogP contribution < -0.4 is 5.56 Å². The first kappa shape index (κ1) is 13.5. The molecule has 2 rings (SSSR count). The molecule has 1 aromatic heterocycles. The summed E-state index contributed by atoms with van der Waals surface area (Å²) in [4.78, 5) is 28.2. The molecule has 0 spiro atoms. The second-order valence-corrected chi connectivity index (χ2v) is 5.70. The number of hydrogen-bond donors (Lipinski definition) is 0. The average molecular weight is 313 g/mol. The fraction of sp³-hybridized carbons (Fsp3) is 0.615. The highest BCUT2D eigenvalue weighted by atomic mass is 79.9. The van der Waals surface area contributed by atoms with Gasteiger partial charge in [-0.2, -0.15) is 0 Å². The maximum atomic E-state index is 12.2. The first-order valence-corrected chi connectivity index (χ1v) is 7.13. The summed E-state index contributed by atoms with van der Waals surface area (Å²) in [6.07, 6.45) is 6.89. The number of Topliss-reactive ketones (excluding diaryl/α,β-unsaturated/α-hetero) is 1. The van der Waals surface area contributed by atoms with Gasteiger partial charge in [0.1, 0.15) is 10.3 Å². The summed E-state index contributed by atoms with van der Waals surface area (Å²) in [6, 6.07) is 0. The fourth-order valence-electron chi connectivity index (χ4n) is 2.45. The molecular formula is C13H17BrN2O2. The van der Waals surface area contributed by atoms with Crippen LogP contribution in [0.15, 0.2) is 15.5 Å². The molecule has 1 aliphatic rings. The van der Waals surface area contributed by atoms with Crippen LogP contribution in [0, 0.1) is 12.8 Å². The number of aromatic nitrogens is 2. The van der Waals surface area contributed by atoms with E-state index in [9.17, 15) is 9.59 Å². The molecule has 0 radical (unpaired) electrons. The molecule has 0 aromatic carbocycles. The van der Waals surface area contributed by atoms with Gasteiger partial charge in [0.25, 0.3) is 5.56 Å². The first-order valence-electron chi connectivity index (χ1n) is 6.34. The van der Waals surface area contributed by atoms with Crippen LogP contribution in [0.25, 0.3) is 0 Å². The summed E-state index contributed by atoms with van der Waals surface area (Å²) in [7, 11) is 0. The second-order valence-electron chi connectivity index (χ2n) is 4.85. The smallest absolute Gasteiger partial charge is 0.268 e. The molecular weight excluding hydrogens is 296 g/mol. The lowest BCUT2D eigenvalue weighted by Gasteiger charge is -2.21. The van der Waals surface area contributed by atoms with E-state index in [1.807, 2.05) is 0 Å². The molecule has 98 valence electrons. The number of nitrogens with zero attached hydrogens (tertiary/aromatic N) is 2. The lowest BCUT2D eigenvalue weighted by molar-refractivity contribution is -0.124. The minimum Gasteiger partial charge on any atom is -0.297 e. The molecule has 4 nitrogen and oxygen atoms in total. The van der Waals surface area contributed by atoms with Gasteiger partial charge in [-0.05, 0) is 35.7 Å². The lowest BCUT2D eigenvalue weighted by atomic mass is 9.86. The van der Waals surface area contributed by atoms with Gasteiger partial charge in [-0.15, -0.1) is 0 Å². The standard InChI is InChI=1S/C13H17BrN2O2/c1-9-15-7-11(14)13(18)16(9)8-12(17)10-5-3-2-4-6-10/h7,10H,2-6,8H2,1H3. The average Bonchev–Trinajstić information content (AvgIpc) is 2.40. The predicted molar refractivity (Wildman–Crippen MR) is 72.5 cm³/mol. The minimum absolute atomic E-state index is 0.129. The maximum Gasteiger partial charge on any atom is 0.268 e. The van der Waals surface area contributed by atoms with E-state index in [1.54, 1.807) is 6.92 Å². The third-order valence-corrected chi connectivity index (χ3v) is 4.12. The van der Waals surface area contributed by atoms with Crippen molar-refractivity contribution < 1.29 is 4.79 Å². The van der Waals surface area contributed by atoms with E-state index in [4.69, 9.17) is 0 Å². The highest BCUT2D eigenvalue weighted by Crippen LogP contribution is 2.24. The molecule has 0 atom stereocenters. The molecule has 0 N–H and O–H groups in total. The topological polar surface area (TPSA) is 52.0 Å². The van der Waals surface area contributed by atoms with E-state index >= 15 is 0 Å². The summed E-state index contributed by atoms with van der Waals surface area (Å²) in [5, 5.41) is 0. The van der Waals surface area contributed by atoms with E-state index in [0.29, 0.717) is 10.3 Å². The van der Waals surface area contributed by atoms with Crippen molar-refractivity contribution in [1.29, 1.82) is 0 Å². The van der Waals surface area contributed by atoms with E-state index in [-0.39, 0.29) is 23.8 Å². The molecule has 1 fully saturated rings. The van der Waals surface area contributed by atoms with E-state index in [2.05, 4.69) is 20.9 Å². The second kappa shape index (κ2) is 5.78. The first-order chi connectivity index (χ1) is 8.59. The Bertz CT molecular complexity index is 504. The zero-order valence-corrected chi connectivity index (χ0v) is 12.1. The zero-order valence-electron chi connectivity index (χ0n) is 10.5. The van der Waals surface area contributed by atoms with Gasteiger partial charge >= 0.3 is 0 Å². The Morgan fingerprint density at radius 1 is 1.44 bits per heavy atom. The van der Waals surface area contributed by atoms with Crippen LogP contribution in [-0.4, -0.2) is 15.3 Å². The van der Waals surface area contributed by atoms with E-state index < -0.39 is 0 Å². The number of rotatable bonds is 3. The molecule has 1 heterocycles. The van der Waals surface area contributed by atoms with Crippen molar-refractivity contribution in [3.05, 3.63) is 26.8 Å². The summed E-state index contributed by atoms with van der Waals surface area (Å²) >= 11 is 3.16. The predicted octanol–water partition coefficient (Wildman–Crippen LogP) is 2.46. The van der Waals surface area contributed by atoms with E-state index in [1.165, 1.54) is 17.2 Å². The van der Waals surface area contributed by atoms with Crippen molar-refractivity contribution in [3.8, 4) is 0 Å². The van der Waals surface area contributed by atoms with Crippen molar-refractivity contribution in [1.82, 2.24) is 9.55 Å². The van der Waals surface area contributed by atoms with Crippen LogP contribution in [0.2, 0.25) is 0 Å². The SMILES string of the molecule is Cc1ncc(Br)c(=O)n1CC(=O)C1CCCCC1. The molecule has 0 amide bonds. The minimum atomic E-state index is -0.174. The van der Waals surface area contributed by atoms with Gasteiger partial charge in [0, 0.05) is 12.1 Å². The number of aryl methyl sites for hydroxylation is 1. The van der Waals surface area contributed by atoms with Crippen molar-refractivity contribution in [2.24, 2.45) is 5.92 Å². The third kappa shape index (κ3) is 2.88. The maximum absolute atomic E-state index is 12.2. The van der Waals surface area contributed by atoms with E-state index in [0.717, 1.165) is 25.7 Å². The van der Waals surface area contributed by atoms with Crippen molar-refractivity contribution >= 4 is 21.7 Å². The molecule has 5 heteroatoms. The molecule has 0 unspecified atom stereocenters. The Labute approximate surface area is 115 Å². The van der Waals surface area contributed by atoms with Gasteiger partial charge in [-0.25, -0.2) is 4.98 Å². The molecule has 0 bridgehead atoms. The Morgan fingerprint density at radius 3 is 2.78 bits per heavy atom. The number of hydrogen-bond acceptors (Lipinski definition) is 3. The fourth-order valence-corrected chi connectivity index (χ4v) is 2.76. The number of carbonyl (C=O) groups excluding carboxylic acids is 1. The van der Waals surface area contributed by atoms with Gasteiger partial charge in [0.05, 0.1) is 6.54 Å². The summed E-state index contributed by atoms with van der Waals surface area (Å²) in [5.74, 6) is 0.885. The number of halogens is 1. The van der Waals surface area contributed by atoms with Gasteiger partial charge in [0.15, 0.2) is 5.78 Å². The van der Waals surface area contributed by atoms with Crippen molar-refractivity contribution in [3.63, 3.8) is 0 Å². The molecule has 1 saturated carbocycles. The normalized spacial score (nSPS) is 16.8. The molecule has 0 saturated heterocycles. The summed E-state index contributed by atoms with van der Waals surface area (Å²) in [6.45, 7) is 1.91. The molecule has 18 heavy (non-hydrogen) atoms. The lowest BCUT2D eigenvalue weighted by Crippen LogP contribution is -2.31. The highest BCUT2D eigenvalue weighted by Gasteiger charge is 2.22.